The Bertz CT molecular complexity index is 370. The lowest BCUT2D eigenvalue weighted by Crippen LogP contribution is -2.44. The summed E-state index contributed by atoms with van der Waals surface area (Å²) >= 11 is 0. The van der Waals surface area contributed by atoms with Gasteiger partial charge < -0.3 is 25.3 Å². The number of benzene rings is 1. The zero-order valence-corrected chi connectivity index (χ0v) is 12.3. The molecule has 6 heteroatoms. The van der Waals surface area contributed by atoms with E-state index in [1.807, 2.05) is 30.3 Å². The highest BCUT2D eigenvalue weighted by Crippen LogP contribution is 2.19. The van der Waals surface area contributed by atoms with Crippen molar-refractivity contribution in [2.75, 3.05) is 0 Å². The highest BCUT2D eigenvalue weighted by molar-refractivity contribution is 6.30. The molecule has 0 spiro atoms. The maximum absolute atomic E-state index is 9.10. The van der Waals surface area contributed by atoms with Crippen molar-refractivity contribution in [1.29, 1.82) is 0 Å². The minimum atomic E-state index is -2.17. The van der Waals surface area contributed by atoms with Crippen molar-refractivity contribution in [2.45, 2.75) is 38.9 Å². The zero-order valence-electron chi connectivity index (χ0n) is 12.3. The third-order valence-corrected chi connectivity index (χ3v) is 2.44. The van der Waals surface area contributed by atoms with Crippen LogP contribution in [-0.2, 0) is 0 Å². The summed E-state index contributed by atoms with van der Waals surface area (Å²) in [7, 11) is -2.17. The van der Waals surface area contributed by atoms with Crippen LogP contribution in [0.2, 0.25) is 0 Å². The summed E-state index contributed by atoms with van der Waals surface area (Å²) in [6, 6.07) is 9.60. The second-order valence-electron chi connectivity index (χ2n) is 4.97. The predicted octanol–water partition coefficient (Wildman–Crippen LogP) is 0.144. The molecule has 5 nitrogen and oxygen atoms in total. The van der Waals surface area contributed by atoms with E-state index in [4.69, 9.17) is 31.7 Å². The Morgan fingerprint density at radius 2 is 1.20 bits per heavy atom. The van der Waals surface area contributed by atoms with Crippen LogP contribution in [-0.4, -0.2) is 43.8 Å². The summed E-state index contributed by atoms with van der Waals surface area (Å²) in [6.45, 7) is 6.31. The lowest BCUT2D eigenvalue weighted by molar-refractivity contribution is -0.107. The van der Waals surface area contributed by atoms with E-state index >= 15 is 0 Å². The lowest BCUT2D eigenvalue weighted by atomic mass is 9.90. The summed E-state index contributed by atoms with van der Waals surface area (Å²) in [5.74, 6) is 2.53. The van der Waals surface area contributed by atoms with E-state index < -0.39 is 18.5 Å². The van der Waals surface area contributed by atoms with Crippen molar-refractivity contribution in [3.05, 3.63) is 35.9 Å². The summed E-state index contributed by atoms with van der Waals surface area (Å²) in [5.41, 5.74) is -1.08. The van der Waals surface area contributed by atoms with Crippen molar-refractivity contribution in [2.24, 2.45) is 0 Å². The molecule has 0 saturated heterocycles. The molecule has 0 atom stereocenters. The van der Waals surface area contributed by atoms with Gasteiger partial charge in [-0.1, -0.05) is 24.1 Å². The molecule has 0 unspecified atom stereocenters. The van der Waals surface area contributed by atoms with Crippen LogP contribution in [0.25, 0.3) is 0 Å². The number of hydrogen-bond donors (Lipinski definition) is 5. The normalized spacial score (nSPS) is 10.2. The molecule has 0 fully saturated rings. The van der Waals surface area contributed by atoms with Gasteiger partial charge in [0, 0.05) is 5.56 Å². The van der Waals surface area contributed by atoms with Crippen LogP contribution in [0, 0.1) is 12.3 Å². The maximum atomic E-state index is 9.10. The quantitative estimate of drug-likeness (QED) is 0.373. The van der Waals surface area contributed by atoms with Crippen molar-refractivity contribution in [1.82, 2.24) is 0 Å². The van der Waals surface area contributed by atoms with Gasteiger partial charge in [0.25, 0.3) is 0 Å². The van der Waals surface area contributed by atoms with Gasteiger partial charge in [-0.3, -0.25) is 0 Å². The minimum absolute atomic E-state index is 0.938. The van der Waals surface area contributed by atoms with Crippen molar-refractivity contribution in [3.8, 4) is 12.3 Å². The molecule has 0 aliphatic heterocycles. The maximum Gasteiger partial charge on any atom is 0.631 e. The Labute approximate surface area is 120 Å². The van der Waals surface area contributed by atoms with Gasteiger partial charge >= 0.3 is 7.32 Å². The van der Waals surface area contributed by atoms with E-state index in [-0.39, 0.29) is 0 Å². The predicted molar refractivity (Wildman–Crippen MR) is 79.4 cm³/mol. The molecule has 0 radical (unpaired) electrons. The Morgan fingerprint density at radius 3 is 1.35 bits per heavy atom. The van der Waals surface area contributed by atoms with Gasteiger partial charge in [-0.2, -0.15) is 0 Å². The van der Waals surface area contributed by atoms with Crippen molar-refractivity contribution < 1.29 is 25.3 Å². The van der Waals surface area contributed by atoms with E-state index in [2.05, 4.69) is 5.92 Å². The molecule has 0 aliphatic rings. The Kier molecular flexibility index (Phi) is 9.99. The largest absolute Gasteiger partial charge is 0.631 e. The van der Waals surface area contributed by atoms with Crippen LogP contribution < -0.4 is 0 Å². The molecule has 0 heterocycles. The molecule has 20 heavy (non-hydrogen) atoms. The number of hydrogen-bond acceptors (Lipinski definition) is 5. The Morgan fingerprint density at radius 1 is 0.900 bits per heavy atom. The van der Waals surface area contributed by atoms with Gasteiger partial charge in [-0.05, 0) is 39.8 Å². The van der Waals surface area contributed by atoms with Crippen LogP contribution in [0.4, 0.5) is 0 Å². The summed E-state index contributed by atoms with van der Waals surface area (Å²) in [5, 5.41) is 39.7. The van der Waals surface area contributed by atoms with E-state index in [0.29, 0.717) is 0 Å². The van der Waals surface area contributed by atoms with Gasteiger partial charge in [0.15, 0.2) is 0 Å². The summed E-state index contributed by atoms with van der Waals surface area (Å²) in [6.07, 6.45) is 5.10. The van der Waals surface area contributed by atoms with E-state index in [0.717, 1.165) is 5.56 Å². The molecular formula is C14H23BO5. The third-order valence-electron chi connectivity index (χ3n) is 2.44. The molecule has 0 saturated carbocycles. The first-order valence-corrected chi connectivity index (χ1v) is 5.92. The summed E-state index contributed by atoms with van der Waals surface area (Å²) < 4.78 is 0. The molecule has 0 amide bonds. The molecule has 112 valence electrons. The molecule has 0 bridgehead atoms. The van der Waals surface area contributed by atoms with Crippen LogP contribution in [0.15, 0.2) is 30.3 Å². The standard InChI is InChI=1S/C8H6.C6H14O2.BH3O3/c1-2-8-6-4-3-5-7-8;1-5(2,7)6(3,4)8;2-1(3)4/h1,3-7H;7-8H,1-4H3;2-4H. The number of aliphatic hydroxyl groups is 2. The van der Waals surface area contributed by atoms with Gasteiger partial charge in [0.2, 0.25) is 0 Å². The lowest BCUT2D eigenvalue weighted by Gasteiger charge is -2.31. The molecule has 1 aromatic carbocycles. The molecule has 5 N–H and O–H groups in total. The highest BCUT2D eigenvalue weighted by Gasteiger charge is 2.31. The van der Waals surface area contributed by atoms with Crippen LogP contribution >= 0.6 is 0 Å². The van der Waals surface area contributed by atoms with Gasteiger partial charge in [-0.25, -0.2) is 0 Å². The molecule has 0 aliphatic carbocycles. The monoisotopic (exact) mass is 282 g/mol. The SMILES string of the molecule is C#Cc1ccccc1.CC(C)(O)C(C)(C)O.OB(O)O. The average Bonchev–Trinajstić information content (AvgIpc) is 2.27. The number of rotatable bonds is 1. The number of terminal acetylenes is 1. The topological polar surface area (TPSA) is 101 Å². The second-order valence-corrected chi connectivity index (χ2v) is 4.97. The fourth-order valence-electron chi connectivity index (χ4n) is 0.534. The first-order valence-electron chi connectivity index (χ1n) is 5.92. The zero-order chi connectivity index (χ0) is 16.4. The van der Waals surface area contributed by atoms with Crippen LogP contribution in [0.1, 0.15) is 33.3 Å². The van der Waals surface area contributed by atoms with Gasteiger partial charge in [-0.15, -0.1) is 6.42 Å². The molecule has 0 aromatic heterocycles. The van der Waals surface area contributed by atoms with E-state index in [1.54, 1.807) is 27.7 Å². The summed E-state index contributed by atoms with van der Waals surface area (Å²) in [4.78, 5) is 0. The van der Waals surface area contributed by atoms with Gasteiger partial charge in [0.1, 0.15) is 0 Å². The average molecular weight is 282 g/mol. The first kappa shape index (κ1) is 21.0. The van der Waals surface area contributed by atoms with Crippen molar-refractivity contribution >= 4 is 7.32 Å². The van der Waals surface area contributed by atoms with Crippen LogP contribution in [0.3, 0.4) is 0 Å². The Hall–Kier alpha value is -1.36. The molecule has 1 rings (SSSR count). The highest BCUT2D eigenvalue weighted by atomic mass is 16.5. The molecular weight excluding hydrogens is 259 g/mol. The first-order chi connectivity index (χ1) is 8.91. The van der Waals surface area contributed by atoms with Gasteiger partial charge in [0.05, 0.1) is 11.2 Å². The molecule has 1 aromatic rings. The van der Waals surface area contributed by atoms with Crippen LogP contribution in [0.5, 0.6) is 0 Å². The fraction of sp³-hybridized carbons (Fsp3) is 0.429. The minimum Gasteiger partial charge on any atom is -0.402 e. The smallest absolute Gasteiger partial charge is 0.402 e. The van der Waals surface area contributed by atoms with Crippen molar-refractivity contribution in [3.63, 3.8) is 0 Å². The van der Waals surface area contributed by atoms with E-state index in [1.165, 1.54) is 0 Å². The van der Waals surface area contributed by atoms with E-state index in [9.17, 15) is 0 Å². The Balaban J connectivity index is 0. The second kappa shape index (κ2) is 9.53. The fourth-order valence-corrected chi connectivity index (χ4v) is 0.534. The third kappa shape index (κ3) is 13.1.